The molecule has 0 radical (unpaired) electrons. The van der Waals surface area contributed by atoms with Gasteiger partial charge in [-0.2, -0.15) is 5.26 Å². The van der Waals surface area contributed by atoms with Crippen LogP contribution in [0.1, 0.15) is 25.3 Å². The molecule has 1 fully saturated rings. The average molecular weight is 420 g/mol. The fourth-order valence-electron chi connectivity index (χ4n) is 3.29. The molecule has 31 heavy (non-hydrogen) atoms. The van der Waals surface area contributed by atoms with E-state index in [-0.39, 0.29) is 11.9 Å². The van der Waals surface area contributed by atoms with Crippen molar-refractivity contribution in [3.63, 3.8) is 0 Å². The molecule has 0 aliphatic carbocycles. The van der Waals surface area contributed by atoms with Gasteiger partial charge >= 0.3 is 12.0 Å². The summed E-state index contributed by atoms with van der Waals surface area (Å²) in [6.45, 7) is 2.34. The molecule has 8 heteroatoms. The van der Waals surface area contributed by atoms with Gasteiger partial charge in [-0.05, 0) is 44.0 Å². The molecule has 8 nitrogen and oxygen atoms in total. The summed E-state index contributed by atoms with van der Waals surface area (Å²) in [6.07, 6.45) is -0.0714. The van der Waals surface area contributed by atoms with Crippen molar-refractivity contribution in [1.29, 1.82) is 5.26 Å². The Kier molecular flexibility index (Phi) is 7.22. The lowest BCUT2D eigenvalue weighted by atomic mass is 9.97. The quantitative estimate of drug-likeness (QED) is 0.721. The zero-order valence-electron chi connectivity index (χ0n) is 17.2. The third-order valence-electron chi connectivity index (χ3n) is 5.11. The van der Waals surface area contributed by atoms with Crippen LogP contribution in [0, 0.1) is 17.2 Å². The number of para-hydroxylation sites is 2. The summed E-state index contributed by atoms with van der Waals surface area (Å²) in [4.78, 5) is 38.9. The van der Waals surface area contributed by atoms with Crippen LogP contribution in [0.15, 0.2) is 54.6 Å². The predicted octanol–water partition coefficient (Wildman–Crippen LogP) is 3.37. The van der Waals surface area contributed by atoms with Gasteiger partial charge in [0.1, 0.15) is 6.07 Å². The smallest absolute Gasteiger partial charge is 0.321 e. The minimum Gasteiger partial charge on any atom is -0.452 e. The molecule has 0 aromatic heterocycles. The lowest BCUT2D eigenvalue weighted by Gasteiger charge is -2.31. The molecule has 0 saturated carbocycles. The summed E-state index contributed by atoms with van der Waals surface area (Å²) in [7, 11) is 0. The highest BCUT2D eigenvalue weighted by molar-refractivity contribution is 5.96. The number of carbonyl (C=O) groups excluding carboxylic acids is 3. The lowest BCUT2D eigenvalue weighted by molar-refractivity contribution is -0.158. The van der Waals surface area contributed by atoms with E-state index in [9.17, 15) is 14.4 Å². The van der Waals surface area contributed by atoms with E-state index >= 15 is 0 Å². The molecule has 0 bridgehead atoms. The molecule has 1 heterocycles. The van der Waals surface area contributed by atoms with E-state index in [1.165, 1.54) is 6.92 Å². The second-order valence-electron chi connectivity index (χ2n) is 7.28. The van der Waals surface area contributed by atoms with Crippen LogP contribution >= 0.6 is 0 Å². The van der Waals surface area contributed by atoms with E-state index in [0.29, 0.717) is 42.9 Å². The van der Waals surface area contributed by atoms with Crippen molar-refractivity contribution in [2.75, 3.05) is 23.7 Å². The zero-order valence-corrected chi connectivity index (χ0v) is 17.2. The maximum absolute atomic E-state index is 12.5. The number of anilines is 2. The molecule has 2 aromatic carbocycles. The molecule has 1 aliphatic rings. The fourth-order valence-corrected chi connectivity index (χ4v) is 3.29. The Balaban J connectivity index is 1.46. The predicted molar refractivity (Wildman–Crippen MR) is 115 cm³/mol. The van der Waals surface area contributed by atoms with Crippen LogP contribution < -0.4 is 10.6 Å². The first-order valence-electron chi connectivity index (χ1n) is 10.1. The van der Waals surface area contributed by atoms with E-state index in [2.05, 4.69) is 10.6 Å². The van der Waals surface area contributed by atoms with Crippen LogP contribution in [0.5, 0.6) is 0 Å². The van der Waals surface area contributed by atoms with Gasteiger partial charge in [0.25, 0.3) is 5.91 Å². The molecule has 2 N–H and O–H groups in total. The second-order valence-corrected chi connectivity index (χ2v) is 7.28. The fraction of sp³-hybridized carbons (Fsp3) is 0.304. The van der Waals surface area contributed by atoms with Crippen LogP contribution in [0.25, 0.3) is 0 Å². The van der Waals surface area contributed by atoms with Gasteiger partial charge in [0.15, 0.2) is 6.10 Å². The Hall–Kier alpha value is -3.86. The van der Waals surface area contributed by atoms with E-state index in [4.69, 9.17) is 10.00 Å². The first-order valence-corrected chi connectivity index (χ1v) is 10.1. The minimum absolute atomic E-state index is 0.207. The van der Waals surface area contributed by atoms with Gasteiger partial charge in [-0.1, -0.05) is 30.3 Å². The number of piperidine rings is 1. The van der Waals surface area contributed by atoms with Crippen LogP contribution in [-0.4, -0.2) is 42.0 Å². The molecular weight excluding hydrogens is 396 g/mol. The van der Waals surface area contributed by atoms with Gasteiger partial charge in [0.05, 0.1) is 17.2 Å². The molecule has 0 spiro atoms. The number of esters is 1. The number of nitrogens with zero attached hydrogens (tertiary/aromatic N) is 2. The summed E-state index contributed by atoms with van der Waals surface area (Å²) < 4.78 is 5.34. The van der Waals surface area contributed by atoms with Crippen LogP contribution in [0.2, 0.25) is 0 Å². The van der Waals surface area contributed by atoms with Gasteiger partial charge in [0, 0.05) is 18.8 Å². The Labute approximate surface area is 180 Å². The minimum atomic E-state index is -1.00. The van der Waals surface area contributed by atoms with Crippen LogP contribution in [0.4, 0.5) is 16.2 Å². The highest BCUT2D eigenvalue weighted by atomic mass is 16.5. The average Bonchev–Trinajstić information content (AvgIpc) is 2.80. The van der Waals surface area contributed by atoms with Gasteiger partial charge in [0.2, 0.25) is 0 Å². The van der Waals surface area contributed by atoms with Gasteiger partial charge in [-0.15, -0.1) is 0 Å². The Morgan fingerprint density at radius 3 is 2.35 bits per heavy atom. The normalized spacial score (nSPS) is 14.8. The van der Waals surface area contributed by atoms with Crippen LogP contribution in [0.3, 0.4) is 0 Å². The molecule has 1 atom stereocenters. The highest BCUT2D eigenvalue weighted by Gasteiger charge is 2.30. The SMILES string of the molecule is CC(OC(=O)C1CCN(C(=O)Nc2ccccc2)CC1)C(=O)Nc1ccccc1C#N. The number of amides is 3. The monoisotopic (exact) mass is 420 g/mol. The molecule has 160 valence electrons. The number of benzene rings is 2. The van der Waals surface area contributed by atoms with Gasteiger partial charge in [-0.25, -0.2) is 4.79 Å². The summed E-state index contributed by atoms with van der Waals surface area (Å²) in [5.74, 6) is -1.34. The third-order valence-corrected chi connectivity index (χ3v) is 5.11. The van der Waals surface area contributed by atoms with Crippen molar-refractivity contribution >= 4 is 29.3 Å². The molecular formula is C23H24N4O4. The zero-order chi connectivity index (χ0) is 22.2. The van der Waals surface area contributed by atoms with Crippen molar-refractivity contribution in [2.45, 2.75) is 25.9 Å². The lowest BCUT2D eigenvalue weighted by Crippen LogP contribution is -2.43. The standard InChI is InChI=1S/C23H24N4O4/c1-16(21(28)26-20-10-6-5-7-18(20)15-24)31-22(29)17-11-13-27(14-12-17)23(30)25-19-8-3-2-4-9-19/h2-10,16-17H,11-14H2,1H3,(H,25,30)(H,26,28). The summed E-state index contributed by atoms with van der Waals surface area (Å²) in [6, 6.07) is 17.6. The summed E-state index contributed by atoms with van der Waals surface area (Å²) in [5, 5.41) is 14.6. The van der Waals surface area contributed by atoms with E-state index < -0.39 is 18.0 Å². The Morgan fingerprint density at radius 2 is 1.68 bits per heavy atom. The third kappa shape index (κ3) is 5.82. The van der Waals surface area contributed by atoms with Crippen molar-refractivity contribution in [2.24, 2.45) is 5.92 Å². The number of ether oxygens (including phenoxy) is 1. The number of carbonyl (C=O) groups is 3. The topological polar surface area (TPSA) is 112 Å². The summed E-state index contributed by atoms with van der Waals surface area (Å²) >= 11 is 0. The number of nitrogens with one attached hydrogen (secondary N) is 2. The number of nitriles is 1. The maximum Gasteiger partial charge on any atom is 0.321 e. The molecule has 3 rings (SSSR count). The van der Waals surface area contributed by atoms with Gasteiger partial charge < -0.3 is 20.3 Å². The van der Waals surface area contributed by atoms with E-state index in [0.717, 1.165) is 0 Å². The number of hydrogen-bond donors (Lipinski definition) is 2. The molecule has 2 aromatic rings. The molecule has 1 unspecified atom stereocenters. The maximum atomic E-state index is 12.5. The molecule has 3 amide bonds. The first-order chi connectivity index (χ1) is 15.0. The molecule has 1 saturated heterocycles. The van der Waals surface area contributed by atoms with E-state index in [1.807, 2.05) is 36.4 Å². The number of rotatable bonds is 5. The van der Waals surface area contributed by atoms with Crippen molar-refractivity contribution in [1.82, 2.24) is 4.90 Å². The van der Waals surface area contributed by atoms with Crippen molar-refractivity contribution in [3.05, 3.63) is 60.2 Å². The van der Waals surface area contributed by atoms with Gasteiger partial charge in [-0.3, -0.25) is 9.59 Å². The molecule has 1 aliphatic heterocycles. The number of likely N-dealkylation sites (tertiary alicyclic amines) is 1. The number of hydrogen-bond acceptors (Lipinski definition) is 5. The first kappa shape index (κ1) is 21.8. The van der Waals surface area contributed by atoms with Crippen molar-refractivity contribution < 1.29 is 19.1 Å². The Bertz CT molecular complexity index is 979. The van der Waals surface area contributed by atoms with Crippen molar-refractivity contribution in [3.8, 4) is 6.07 Å². The van der Waals surface area contributed by atoms with E-state index in [1.54, 1.807) is 29.2 Å². The number of urea groups is 1. The largest absolute Gasteiger partial charge is 0.452 e. The summed E-state index contributed by atoms with van der Waals surface area (Å²) in [5.41, 5.74) is 1.41. The van der Waals surface area contributed by atoms with Crippen LogP contribution in [-0.2, 0) is 14.3 Å². The highest BCUT2D eigenvalue weighted by Crippen LogP contribution is 2.21. The Morgan fingerprint density at radius 1 is 1.03 bits per heavy atom. The second kappa shape index (κ2) is 10.3.